The second-order valence-corrected chi connectivity index (χ2v) is 10.8. The van der Waals surface area contributed by atoms with Gasteiger partial charge < -0.3 is 15.0 Å². The number of piperidine rings is 1. The van der Waals surface area contributed by atoms with Crippen molar-refractivity contribution in [1.29, 1.82) is 0 Å². The van der Waals surface area contributed by atoms with Gasteiger partial charge in [-0.25, -0.2) is 4.39 Å². The number of hydrogen-bond donors (Lipinski definition) is 1. The highest BCUT2D eigenvalue weighted by Gasteiger charge is 2.52. The van der Waals surface area contributed by atoms with Crippen LogP contribution in [0.2, 0.25) is 0 Å². The highest BCUT2D eigenvalue weighted by atomic mass is 19.1. The van der Waals surface area contributed by atoms with Crippen LogP contribution in [0.4, 0.5) is 4.39 Å². The third-order valence-electron chi connectivity index (χ3n) is 8.60. The third kappa shape index (κ3) is 5.35. The molecule has 0 radical (unpaired) electrons. The summed E-state index contributed by atoms with van der Waals surface area (Å²) in [5.74, 6) is -0.312. The number of esters is 1. The molecule has 1 N–H and O–H groups in total. The molecule has 3 aromatic carbocycles. The fraction of sp³-hybridized carbons (Fsp3) is 0.394. The highest BCUT2D eigenvalue weighted by Crippen LogP contribution is 2.45. The maximum Gasteiger partial charge on any atom is 0.306 e. The van der Waals surface area contributed by atoms with E-state index in [1.165, 1.54) is 12.1 Å². The third-order valence-corrected chi connectivity index (χ3v) is 8.60. The van der Waals surface area contributed by atoms with Gasteiger partial charge in [-0.2, -0.15) is 0 Å². The monoisotopic (exact) mass is 528 g/mol. The lowest BCUT2D eigenvalue weighted by atomic mass is 9.66. The van der Waals surface area contributed by atoms with Crippen LogP contribution in [0.25, 0.3) is 0 Å². The van der Waals surface area contributed by atoms with Crippen LogP contribution in [0.5, 0.6) is 0 Å². The van der Waals surface area contributed by atoms with Crippen LogP contribution in [0.15, 0.2) is 84.9 Å². The first kappa shape index (κ1) is 27.1. The molecule has 6 heteroatoms. The van der Waals surface area contributed by atoms with Crippen molar-refractivity contribution in [3.8, 4) is 0 Å². The summed E-state index contributed by atoms with van der Waals surface area (Å²) in [6.07, 6.45) is 3.52. The molecule has 2 aliphatic heterocycles. The van der Waals surface area contributed by atoms with Gasteiger partial charge in [-0.05, 0) is 54.1 Å². The number of carbonyl (C=O) groups excluding carboxylic acids is 2. The predicted octanol–water partition coefficient (Wildman–Crippen LogP) is 5.58. The minimum absolute atomic E-state index is 0.0738. The summed E-state index contributed by atoms with van der Waals surface area (Å²) in [4.78, 5) is 28.2. The predicted molar refractivity (Wildman–Crippen MR) is 150 cm³/mol. The van der Waals surface area contributed by atoms with Crippen LogP contribution in [-0.2, 0) is 25.3 Å². The molecule has 0 spiro atoms. The summed E-state index contributed by atoms with van der Waals surface area (Å²) in [5.41, 5.74) is 1.52. The van der Waals surface area contributed by atoms with E-state index in [1.807, 2.05) is 36.4 Å². The smallest absolute Gasteiger partial charge is 0.306 e. The standard InChI is InChI=1S/C33H37FN2O3/c1-2-30(37)39-32(25-15-17-29(34)18-16-25)19-22-36(23-20-32)21-9-14-28-24-35-31(38)33(28,26-10-5-3-6-11-26)27-12-7-4-8-13-27/h3-8,10-13,15-18,28H,2,9,14,19-24H2,1H3,(H,35,38). The molecule has 204 valence electrons. The van der Waals surface area contributed by atoms with E-state index < -0.39 is 11.0 Å². The van der Waals surface area contributed by atoms with Crippen LogP contribution in [0.3, 0.4) is 0 Å². The highest BCUT2D eigenvalue weighted by molar-refractivity contribution is 5.94. The Morgan fingerprint density at radius 2 is 1.51 bits per heavy atom. The Balaban J connectivity index is 1.27. The quantitative estimate of drug-likeness (QED) is 0.368. The molecule has 2 aliphatic rings. The van der Waals surface area contributed by atoms with Gasteiger partial charge in [0.1, 0.15) is 16.8 Å². The van der Waals surface area contributed by atoms with Crippen LogP contribution >= 0.6 is 0 Å². The first-order valence-corrected chi connectivity index (χ1v) is 14.1. The molecule has 0 saturated carbocycles. The molecule has 5 rings (SSSR count). The van der Waals surface area contributed by atoms with Gasteiger partial charge in [0, 0.05) is 38.9 Å². The number of rotatable bonds is 9. The average Bonchev–Trinajstić information content (AvgIpc) is 3.31. The maximum atomic E-state index is 13.6. The summed E-state index contributed by atoms with van der Waals surface area (Å²) < 4.78 is 19.6. The zero-order valence-electron chi connectivity index (χ0n) is 22.6. The van der Waals surface area contributed by atoms with E-state index in [1.54, 1.807) is 19.1 Å². The Bertz CT molecular complexity index is 1220. The number of halogens is 1. The molecule has 0 bridgehead atoms. The molecule has 2 heterocycles. The molecule has 5 nitrogen and oxygen atoms in total. The average molecular weight is 529 g/mol. The number of carbonyl (C=O) groups is 2. The lowest BCUT2D eigenvalue weighted by Gasteiger charge is -2.42. The Kier molecular flexibility index (Phi) is 8.12. The molecule has 0 aliphatic carbocycles. The SMILES string of the molecule is CCC(=O)OC1(c2ccc(F)cc2)CCN(CCCC2CNC(=O)C2(c2ccccc2)c2ccccc2)CC1. The summed E-state index contributed by atoms with van der Waals surface area (Å²) in [6.45, 7) is 4.94. The lowest BCUT2D eigenvalue weighted by Crippen LogP contribution is -2.45. The number of nitrogens with one attached hydrogen (secondary N) is 1. The Morgan fingerprint density at radius 1 is 0.923 bits per heavy atom. The van der Waals surface area contributed by atoms with Crippen molar-refractivity contribution in [2.45, 2.75) is 50.0 Å². The number of ether oxygens (including phenoxy) is 1. The molecule has 1 amide bonds. The molecule has 1 unspecified atom stereocenters. The van der Waals surface area contributed by atoms with Crippen molar-refractivity contribution in [3.63, 3.8) is 0 Å². The van der Waals surface area contributed by atoms with Gasteiger partial charge in [-0.3, -0.25) is 9.59 Å². The molecule has 0 aromatic heterocycles. The topological polar surface area (TPSA) is 58.6 Å². The molecule has 2 saturated heterocycles. The van der Waals surface area contributed by atoms with Gasteiger partial charge in [0.15, 0.2) is 0 Å². The molecular weight excluding hydrogens is 491 g/mol. The molecule has 1 atom stereocenters. The van der Waals surface area contributed by atoms with E-state index >= 15 is 0 Å². The minimum atomic E-state index is -0.713. The zero-order chi connectivity index (χ0) is 27.3. The molecule has 2 fully saturated rings. The summed E-state index contributed by atoms with van der Waals surface area (Å²) >= 11 is 0. The lowest BCUT2D eigenvalue weighted by molar-refractivity contribution is -0.166. The first-order chi connectivity index (χ1) is 19.0. The fourth-order valence-electron chi connectivity index (χ4n) is 6.51. The Labute approximate surface area is 230 Å². The number of nitrogens with zero attached hydrogens (tertiary/aromatic N) is 1. The Morgan fingerprint density at radius 3 is 2.08 bits per heavy atom. The number of likely N-dealkylation sites (tertiary alicyclic amines) is 1. The van der Waals surface area contributed by atoms with E-state index in [-0.39, 0.29) is 23.6 Å². The van der Waals surface area contributed by atoms with Gasteiger partial charge in [0.05, 0.1) is 0 Å². The second kappa shape index (κ2) is 11.7. The van der Waals surface area contributed by atoms with E-state index in [0.717, 1.165) is 49.2 Å². The fourth-order valence-corrected chi connectivity index (χ4v) is 6.51. The Hall–Kier alpha value is -3.51. The van der Waals surface area contributed by atoms with Crippen LogP contribution in [0.1, 0.15) is 55.7 Å². The first-order valence-electron chi connectivity index (χ1n) is 14.1. The number of hydrogen-bond acceptors (Lipinski definition) is 4. The van der Waals surface area contributed by atoms with E-state index in [4.69, 9.17) is 4.74 Å². The summed E-state index contributed by atoms with van der Waals surface area (Å²) in [5, 5.41) is 3.17. The molecule has 39 heavy (non-hydrogen) atoms. The van der Waals surface area contributed by atoms with E-state index in [0.29, 0.717) is 25.8 Å². The van der Waals surface area contributed by atoms with Crippen molar-refractivity contribution >= 4 is 11.9 Å². The second-order valence-electron chi connectivity index (χ2n) is 10.8. The number of amides is 1. The van der Waals surface area contributed by atoms with Crippen molar-refractivity contribution < 1.29 is 18.7 Å². The van der Waals surface area contributed by atoms with Gasteiger partial charge in [0.2, 0.25) is 5.91 Å². The van der Waals surface area contributed by atoms with Crippen LogP contribution in [0, 0.1) is 11.7 Å². The van der Waals surface area contributed by atoms with Gasteiger partial charge >= 0.3 is 5.97 Å². The van der Waals surface area contributed by atoms with Crippen LogP contribution < -0.4 is 5.32 Å². The summed E-state index contributed by atoms with van der Waals surface area (Å²) in [6, 6.07) is 26.7. The normalized spacial score (nSPS) is 20.4. The van der Waals surface area contributed by atoms with Crippen LogP contribution in [-0.4, -0.2) is 43.0 Å². The van der Waals surface area contributed by atoms with Gasteiger partial charge in [0.25, 0.3) is 0 Å². The zero-order valence-corrected chi connectivity index (χ0v) is 22.6. The van der Waals surface area contributed by atoms with Crippen molar-refractivity contribution in [2.75, 3.05) is 26.2 Å². The van der Waals surface area contributed by atoms with Crippen molar-refractivity contribution in [1.82, 2.24) is 10.2 Å². The molecule has 3 aromatic rings. The summed E-state index contributed by atoms with van der Waals surface area (Å²) in [7, 11) is 0. The van der Waals surface area contributed by atoms with Gasteiger partial charge in [-0.15, -0.1) is 0 Å². The van der Waals surface area contributed by atoms with Crippen molar-refractivity contribution in [2.24, 2.45) is 5.92 Å². The number of benzene rings is 3. The van der Waals surface area contributed by atoms with E-state index in [9.17, 15) is 14.0 Å². The van der Waals surface area contributed by atoms with Gasteiger partial charge in [-0.1, -0.05) is 79.7 Å². The maximum absolute atomic E-state index is 13.6. The minimum Gasteiger partial charge on any atom is -0.454 e. The molecular formula is C33H37FN2O3. The van der Waals surface area contributed by atoms with Crippen molar-refractivity contribution in [3.05, 3.63) is 107 Å². The largest absolute Gasteiger partial charge is 0.454 e. The van der Waals surface area contributed by atoms with E-state index in [2.05, 4.69) is 34.5 Å².